The zero-order valence-electron chi connectivity index (χ0n) is 22.4. The van der Waals surface area contributed by atoms with Gasteiger partial charge >= 0.3 is 6.85 Å². The molecule has 3 aliphatic heterocycles. The molecule has 4 aromatic carbocycles. The molecule has 4 heterocycles. The van der Waals surface area contributed by atoms with Gasteiger partial charge in [-0.15, -0.1) is 41.1 Å². The third kappa shape index (κ3) is 3.63. The third-order valence-corrected chi connectivity index (χ3v) is 7.93. The summed E-state index contributed by atoms with van der Waals surface area (Å²) in [5, 5.41) is 4.77. The summed E-state index contributed by atoms with van der Waals surface area (Å²) in [5.41, 5.74) is 13.6. The van der Waals surface area contributed by atoms with E-state index in [4.69, 9.17) is 5.10 Å². The molecule has 3 aliphatic rings. The van der Waals surface area contributed by atoms with Crippen LogP contribution in [-0.2, 0) is 21.1 Å². The van der Waals surface area contributed by atoms with Crippen molar-refractivity contribution in [3.05, 3.63) is 121 Å². The maximum absolute atomic E-state index is 4.77. The minimum Gasteiger partial charge on any atom is -0.510 e. The van der Waals surface area contributed by atoms with Gasteiger partial charge in [-0.1, -0.05) is 82.0 Å². The summed E-state index contributed by atoms with van der Waals surface area (Å²) in [7, 11) is 2.04. The van der Waals surface area contributed by atoms with E-state index in [0.29, 0.717) is 0 Å². The minimum absolute atomic E-state index is 0. The number of aromatic nitrogens is 2. The smallest absolute Gasteiger partial charge is 0.324 e. The number of nitrogens with zero attached hydrogens (tertiary/aromatic N) is 5. The van der Waals surface area contributed by atoms with E-state index in [9.17, 15) is 0 Å². The molecule has 0 amide bonds. The Bertz CT molecular complexity index is 1830. The van der Waals surface area contributed by atoms with Gasteiger partial charge in [0.05, 0.1) is 5.69 Å². The van der Waals surface area contributed by atoms with Gasteiger partial charge in [0, 0.05) is 26.8 Å². The van der Waals surface area contributed by atoms with E-state index in [1.807, 2.05) is 29.8 Å². The molecule has 0 saturated heterocycles. The van der Waals surface area contributed by atoms with Crippen LogP contribution in [0.25, 0.3) is 27.9 Å². The SMILES string of the molecule is Cc1cc(C)n(-c2[c-]c3c(cc2)-c2ccccc2B2c4ccccc4-c4ccc(N5C=CN(C)[CH-]5)[c-]c4N23)n1.[Pt]. The minimum atomic E-state index is 0. The van der Waals surface area contributed by atoms with Crippen LogP contribution in [-0.4, -0.2) is 28.6 Å². The van der Waals surface area contributed by atoms with Gasteiger partial charge in [-0.05, 0) is 45.0 Å². The van der Waals surface area contributed by atoms with Crippen LogP contribution in [0.5, 0.6) is 0 Å². The van der Waals surface area contributed by atoms with Gasteiger partial charge in [0.2, 0.25) is 0 Å². The molecule has 1 aromatic heterocycles. The zero-order valence-corrected chi connectivity index (χ0v) is 24.6. The van der Waals surface area contributed by atoms with Crippen molar-refractivity contribution in [2.75, 3.05) is 16.8 Å². The van der Waals surface area contributed by atoms with E-state index in [2.05, 4.69) is 120 Å². The fraction of sp³-hybridized carbons (Fsp3) is 0.0909. The molecule has 0 aliphatic carbocycles. The summed E-state index contributed by atoms with van der Waals surface area (Å²) in [6.07, 6.45) is 4.12. The van der Waals surface area contributed by atoms with E-state index in [-0.39, 0.29) is 27.9 Å². The Balaban J connectivity index is 0.00000264. The summed E-state index contributed by atoms with van der Waals surface area (Å²) in [6, 6.07) is 36.0. The summed E-state index contributed by atoms with van der Waals surface area (Å²) >= 11 is 0. The second-order valence-corrected chi connectivity index (χ2v) is 10.5. The number of hydrogen-bond acceptors (Lipinski definition) is 4. The first-order chi connectivity index (χ1) is 19.1. The molecule has 198 valence electrons. The molecule has 0 radical (unpaired) electrons. The van der Waals surface area contributed by atoms with Gasteiger partial charge in [-0.25, -0.2) is 0 Å². The Morgan fingerprint density at radius 2 is 1.32 bits per heavy atom. The van der Waals surface area contributed by atoms with Crippen molar-refractivity contribution in [1.29, 1.82) is 0 Å². The molecule has 0 bridgehead atoms. The number of benzene rings is 4. The van der Waals surface area contributed by atoms with Crippen LogP contribution in [0, 0.1) is 32.6 Å². The van der Waals surface area contributed by atoms with E-state index < -0.39 is 0 Å². The van der Waals surface area contributed by atoms with Gasteiger partial charge in [-0.2, -0.15) is 23.9 Å². The van der Waals surface area contributed by atoms with Crippen molar-refractivity contribution in [2.45, 2.75) is 13.8 Å². The second kappa shape index (κ2) is 9.28. The monoisotopic (exact) mass is 697 g/mol. The van der Waals surface area contributed by atoms with Crippen LogP contribution < -0.4 is 20.6 Å². The number of hydrogen-bond donors (Lipinski definition) is 0. The Morgan fingerprint density at radius 1 is 0.725 bits per heavy atom. The standard InChI is InChI=1S/C33H25BN5.Pt/c1-22-18-23(2)39(35-22)25-13-15-29-27-9-5-7-11-31(27)34-30-10-6-4-8-26(30)28-14-12-24(37-17-16-36(3)21-37)19-32(28)38(34)33(29)20-25;/h4-18,21H,1-3H3;/q-3;. The molecular formula is C33H25BN5Pt-3. The molecule has 0 unspecified atom stereocenters. The van der Waals surface area contributed by atoms with Crippen LogP contribution in [0.3, 0.4) is 0 Å². The van der Waals surface area contributed by atoms with Crippen LogP contribution in [0.2, 0.25) is 0 Å². The van der Waals surface area contributed by atoms with Gasteiger partial charge in [0.1, 0.15) is 0 Å². The Morgan fingerprint density at radius 3 is 1.90 bits per heavy atom. The number of anilines is 3. The van der Waals surface area contributed by atoms with E-state index >= 15 is 0 Å². The average molecular weight is 697 g/mol. The fourth-order valence-electron chi connectivity index (χ4n) is 6.27. The van der Waals surface area contributed by atoms with Gasteiger partial charge in [-0.3, -0.25) is 4.68 Å². The Labute approximate surface area is 249 Å². The molecule has 0 fully saturated rings. The van der Waals surface area contributed by atoms with Crippen molar-refractivity contribution in [3.63, 3.8) is 0 Å². The predicted octanol–water partition coefficient (Wildman–Crippen LogP) is 5.33. The van der Waals surface area contributed by atoms with Crippen molar-refractivity contribution < 1.29 is 21.1 Å². The molecule has 0 atom stereocenters. The Kier molecular flexibility index (Phi) is 5.80. The molecule has 5 aromatic rings. The summed E-state index contributed by atoms with van der Waals surface area (Å²) in [5.74, 6) is 0. The maximum Gasteiger partial charge on any atom is 0.324 e. The molecule has 7 heteroatoms. The van der Waals surface area contributed by atoms with Crippen LogP contribution >= 0.6 is 0 Å². The van der Waals surface area contributed by atoms with Gasteiger partial charge in [0.15, 0.2) is 0 Å². The summed E-state index contributed by atoms with van der Waals surface area (Å²) < 4.78 is 1.99. The Hall–Kier alpha value is -4.02. The maximum atomic E-state index is 4.77. The molecule has 5 nitrogen and oxygen atoms in total. The first-order valence-electron chi connectivity index (χ1n) is 13.2. The van der Waals surface area contributed by atoms with Crippen LogP contribution in [0.1, 0.15) is 11.4 Å². The molecular weight excluding hydrogens is 672 g/mol. The summed E-state index contributed by atoms with van der Waals surface area (Å²) in [6.45, 7) is 6.20. The molecule has 0 spiro atoms. The van der Waals surface area contributed by atoms with Crippen molar-refractivity contribution in [1.82, 2.24) is 14.7 Å². The van der Waals surface area contributed by atoms with Gasteiger partial charge in [0.25, 0.3) is 0 Å². The molecule has 0 saturated carbocycles. The molecule has 0 N–H and O–H groups in total. The average Bonchev–Trinajstić information content (AvgIpc) is 3.56. The quantitative estimate of drug-likeness (QED) is 0.184. The molecule has 8 rings (SSSR count). The third-order valence-electron chi connectivity index (χ3n) is 7.93. The first-order valence-corrected chi connectivity index (χ1v) is 13.2. The largest absolute Gasteiger partial charge is 0.510 e. The van der Waals surface area contributed by atoms with Gasteiger partial charge < -0.3 is 14.6 Å². The topological polar surface area (TPSA) is 27.5 Å². The second-order valence-electron chi connectivity index (χ2n) is 10.5. The van der Waals surface area contributed by atoms with Crippen molar-refractivity contribution >= 4 is 34.8 Å². The van der Waals surface area contributed by atoms with Crippen LogP contribution in [0.15, 0.2) is 91.3 Å². The molecule has 40 heavy (non-hydrogen) atoms. The normalized spacial score (nSPS) is 14.3. The fourth-order valence-corrected chi connectivity index (χ4v) is 6.27. The predicted molar refractivity (Wildman–Crippen MR) is 159 cm³/mol. The number of rotatable bonds is 2. The van der Waals surface area contributed by atoms with E-state index in [1.165, 1.54) is 33.2 Å². The van der Waals surface area contributed by atoms with E-state index in [0.717, 1.165) is 34.1 Å². The first kappa shape index (κ1) is 25.0. The summed E-state index contributed by atoms with van der Waals surface area (Å²) in [4.78, 5) is 6.61. The van der Waals surface area contributed by atoms with Crippen molar-refractivity contribution in [3.8, 4) is 27.9 Å². The number of aryl methyl sites for hydroxylation is 2. The number of fused-ring (bicyclic) bond motifs is 11. The van der Waals surface area contributed by atoms with Crippen LogP contribution in [0.4, 0.5) is 17.1 Å². The van der Waals surface area contributed by atoms with Crippen molar-refractivity contribution in [2.24, 2.45) is 0 Å². The zero-order chi connectivity index (χ0) is 26.2. The van der Waals surface area contributed by atoms with E-state index in [1.54, 1.807) is 0 Å².